The lowest BCUT2D eigenvalue weighted by molar-refractivity contribution is 0.430. The number of halogens is 1. The van der Waals surface area contributed by atoms with Crippen LogP contribution < -0.4 is 4.74 Å². The molecule has 0 aliphatic carbocycles. The van der Waals surface area contributed by atoms with Crippen LogP contribution in [0.1, 0.15) is 11.4 Å². The quantitative estimate of drug-likeness (QED) is 0.718. The van der Waals surface area contributed by atoms with Gasteiger partial charge in [0.1, 0.15) is 18.3 Å². The van der Waals surface area contributed by atoms with E-state index >= 15 is 0 Å². The van der Waals surface area contributed by atoms with Gasteiger partial charge in [-0.1, -0.05) is 0 Å². The molecule has 0 aromatic carbocycles. The number of aryl methyl sites for hydroxylation is 2. The van der Waals surface area contributed by atoms with Crippen molar-refractivity contribution in [2.24, 2.45) is 7.05 Å². The topological polar surface area (TPSA) is 96.4 Å². The fraction of sp³-hybridized carbons (Fsp3) is 0.273. The minimum absolute atomic E-state index is 0.00435. The summed E-state index contributed by atoms with van der Waals surface area (Å²) in [5.74, 6) is 0.811. The van der Waals surface area contributed by atoms with E-state index in [-0.39, 0.29) is 17.2 Å². The SMILES string of the molecule is Cc1nn(C)c(C)c1Oc1nc(Cl)nc(-n2cncn2)n1. The van der Waals surface area contributed by atoms with Gasteiger partial charge in [-0.25, -0.2) is 4.98 Å². The highest BCUT2D eigenvalue weighted by Crippen LogP contribution is 2.26. The molecule has 0 aliphatic heterocycles. The summed E-state index contributed by atoms with van der Waals surface area (Å²) in [6.07, 6.45) is 2.82. The standard InChI is InChI=1S/C11H11ClN8O/c1-6-8(7(2)19(3)18-6)21-11-16-9(12)15-10(17-11)20-5-13-4-14-20/h4-5H,1-3H3. The predicted molar refractivity (Wildman–Crippen MR) is 72.5 cm³/mol. The first-order valence-corrected chi connectivity index (χ1v) is 6.37. The maximum absolute atomic E-state index is 5.89. The Morgan fingerprint density at radius 2 is 2.00 bits per heavy atom. The van der Waals surface area contributed by atoms with Crippen LogP contribution in [0.15, 0.2) is 12.7 Å². The zero-order chi connectivity index (χ0) is 15.0. The zero-order valence-electron chi connectivity index (χ0n) is 11.5. The molecule has 0 spiro atoms. The fourth-order valence-corrected chi connectivity index (χ4v) is 1.92. The van der Waals surface area contributed by atoms with Gasteiger partial charge in [-0.3, -0.25) is 4.68 Å². The summed E-state index contributed by atoms with van der Waals surface area (Å²) in [5, 5.41) is 8.20. The lowest BCUT2D eigenvalue weighted by Gasteiger charge is -2.05. The van der Waals surface area contributed by atoms with Crippen molar-refractivity contribution in [1.82, 2.24) is 39.5 Å². The van der Waals surface area contributed by atoms with Crippen molar-refractivity contribution < 1.29 is 4.74 Å². The molecule has 0 atom stereocenters. The van der Waals surface area contributed by atoms with Crippen LogP contribution >= 0.6 is 11.6 Å². The molecular formula is C11H11ClN8O. The first-order valence-electron chi connectivity index (χ1n) is 5.99. The highest BCUT2D eigenvalue weighted by Gasteiger charge is 2.15. The zero-order valence-corrected chi connectivity index (χ0v) is 12.3. The summed E-state index contributed by atoms with van der Waals surface area (Å²) in [6.45, 7) is 3.72. The Morgan fingerprint density at radius 3 is 2.62 bits per heavy atom. The van der Waals surface area contributed by atoms with E-state index in [0.717, 1.165) is 11.4 Å². The summed E-state index contributed by atoms with van der Waals surface area (Å²) >= 11 is 5.89. The second kappa shape index (κ2) is 5.09. The minimum atomic E-state index is 0.00435. The summed E-state index contributed by atoms with van der Waals surface area (Å²) in [5.41, 5.74) is 1.58. The molecule has 3 rings (SSSR count). The second-order valence-electron chi connectivity index (χ2n) is 4.25. The lowest BCUT2D eigenvalue weighted by atomic mass is 10.3. The van der Waals surface area contributed by atoms with Crippen LogP contribution in [0.4, 0.5) is 0 Å². The molecule has 9 nitrogen and oxygen atoms in total. The Morgan fingerprint density at radius 1 is 1.19 bits per heavy atom. The van der Waals surface area contributed by atoms with Crippen LogP contribution in [0.2, 0.25) is 5.28 Å². The molecule has 0 saturated carbocycles. The molecule has 10 heteroatoms. The molecule has 3 heterocycles. The average molecular weight is 307 g/mol. The number of aromatic nitrogens is 8. The second-order valence-corrected chi connectivity index (χ2v) is 4.59. The highest BCUT2D eigenvalue weighted by molar-refractivity contribution is 6.28. The van der Waals surface area contributed by atoms with Crippen molar-refractivity contribution >= 4 is 11.6 Å². The summed E-state index contributed by atoms with van der Waals surface area (Å²) in [7, 11) is 1.83. The van der Waals surface area contributed by atoms with Crippen LogP contribution in [0.3, 0.4) is 0 Å². The van der Waals surface area contributed by atoms with Gasteiger partial charge in [0.15, 0.2) is 5.75 Å². The van der Waals surface area contributed by atoms with Crippen molar-refractivity contribution in [2.75, 3.05) is 0 Å². The van der Waals surface area contributed by atoms with Crippen LogP contribution in [-0.4, -0.2) is 39.5 Å². The highest BCUT2D eigenvalue weighted by atomic mass is 35.5. The van der Waals surface area contributed by atoms with Gasteiger partial charge in [0.2, 0.25) is 5.28 Å². The number of hydrogen-bond acceptors (Lipinski definition) is 7. The molecule has 3 aromatic heterocycles. The first-order chi connectivity index (χ1) is 10.0. The molecule has 0 fully saturated rings. The van der Waals surface area contributed by atoms with Crippen LogP contribution in [0.5, 0.6) is 11.8 Å². The third-order valence-electron chi connectivity index (χ3n) is 2.84. The molecule has 0 saturated heterocycles. The van der Waals surface area contributed by atoms with Crippen molar-refractivity contribution in [1.29, 1.82) is 0 Å². The molecule has 0 bridgehead atoms. The van der Waals surface area contributed by atoms with Crippen molar-refractivity contribution in [2.45, 2.75) is 13.8 Å². The average Bonchev–Trinajstić information content (AvgIpc) is 3.04. The Kier molecular flexibility index (Phi) is 3.26. The monoisotopic (exact) mass is 306 g/mol. The number of nitrogens with zero attached hydrogens (tertiary/aromatic N) is 8. The van der Waals surface area contributed by atoms with Gasteiger partial charge in [0.05, 0.1) is 5.69 Å². The Bertz CT molecular complexity index is 782. The normalized spacial score (nSPS) is 10.9. The Balaban J connectivity index is 1.99. The number of ether oxygens (including phenoxy) is 1. The number of hydrogen-bond donors (Lipinski definition) is 0. The Hall–Kier alpha value is -2.55. The van der Waals surface area contributed by atoms with Crippen LogP contribution in [-0.2, 0) is 7.05 Å². The molecular weight excluding hydrogens is 296 g/mol. The maximum atomic E-state index is 5.89. The molecule has 0 aliphatic rings. The van der Waals surface area contributed by atoms with Gasteiger partial charge in [0.25, 0.3) is 5.95 Å². The van der Waals surface area contributed by atoms with Crippen molar-refractivity contribution in [3.63, 3.8) is 0 Å². The molecule has 0 N–H and O–H groups in total. The van der Waals surface area contributed by atoms with Crippen molar-refractivity contribution in [3.8, 4) is 17.7 Å². The van der Waals surface area contributed by atoms with E-state index < -0.39 is 0 Å². The Labute approximate surface area is 124 Å². The van der Waals surface area contributed by atoms with E-state index in [1.165, 1.54) is 17.3 Å². The van der Waals surface area contributed by atoms with Crippen LogP contribution in [0.25, 0.3) is 5.95 Å². The molecule has 21 heavy (non-hydrogen) atoms. The third kappa shape index (κ3) is 2.55. The minimum Gasteiger partial charge on any atom is -0.420 e. The molecule has 3 aromatic rings. The largest absolute Gasteiger partial charge is 0.420 e. The molecule has 0 radical (unpaired) electrons. The maximum Gasteiger partial charge on any atom is 0.328 e. The lowest BCUT2D eigenvalue weighted by Crippen LogP contribution is -2.05. The third-order valence-corrected chi connectivity index (χ3v) is 3.00. The van der Waals surface area contributed by atoms with Gasteiger partial charge in [-0.2, -0.15) is 29.8 Å². The smallest absolute Gasteiger partial charge is 0.328 e. The van der Waals surface area contributed by atoms with E-state index in [1.54, 1.807) is 4.68 Å². The van der Waals surface area contributed by atoms with Gasteiger partial charge in [0, 0.05) is 7.05 Å². The van der Waals surface area contributed by atoms with Gasteiger partial charge >= 0.3 is 6.01 Å². The van der Waals surface area contributed by atoms with Crippen LogP contribution in [0, 0.1) is 13.8 Å². The van der Waals surface area contributed by atoms with Gasteiger partial charge < -0.3 is 4.74 Å². The summed E-state index contributed by atoms with van der Waals surface area (Å²) in [4.78, 5) is 15.9. The summed E-state index contributed by atoms with van der Waals surface area (Å²) in [6, 6.07) is 0.0692. The van der Waals surface area contributed by atoms with E-state index in [9.17, 15) is 0 Å². The van der Waals surface area contributed by atoms with Gasteiger partial charge in [-0.05, 0) is 25.4 Å². The van der Waals surface area contributed by atoms with E-state index in [0.29, 0.717) is 5.75 Å². The number of rotatable bonds is 3. The molecule has 108 valence electrons. The van der Waals surface area contributed by atoms with E-state index in [1.807, 2.05) is 20.9 Å². The first kappa shape index (κ1) is 13.4. The molecule has 0 amide bonds. The fourth-order valence-electron chi connectivity index (χ4n) is 1.77. The van der Waals surface area contributed by atoms with E-state index in [4.69, 9.17) is 16.3 Å². The summed E-state index contributed by atoms with van der Waals surface area (Å²) < 4.78 is 8.77. The van der Waals surface area contributed by atoms with Crippen molar-refractivity contribution in [3.05, 3.63) is 29.3 Å². The predicted octanol–water partition coefficient (Wildman–Crippen LogP) is 1.25. The van der Waals surface area contributed by atoms with E-state index in [2.05, 4.69) is 30.1 Å². The van der Waals surface area contributed by atoms with Gasteiger partial charge in [-0.15, -0.1) is 0 Å². The molecule has 0 unspecified atom stereocenters.